The summed E-state index contributed by atoms with van der Waals surface area (Å²) in [5.41, 5.74) is 0. The van der Waals surface area contributed by atoms with E-state index in [1.807, 2.05) is 13.0 Å². The minimum Gasteiger partial charge on any atom is -0.376 e. The molecule has 1 fully saturated rings. The smallest absolute Gasteiger partial charge is 0.224 e. The third kappa shape index (κ3) is 6.78. The molecule has 0 spiro atoms. The first-order valence-corrected chi connectivity index (χ1v) is 11.0. The van der Waals surface area contributed by atoms with Crippen LogP contribution in [0.1, 0.15) is 40.0 Å². The Balaban J connectivity index is 1.96. The molecule has 1 aromatic heterocycles. The molecular formula is C17H30N4O3S. The molecule has 1 aliphatic heterocycles. The molecule has 0 unspecified atom stereocenters. The summed E-state index contributed by atoms with van der Waals surface area (Å²) in [5, 5.41) is 6.64. The van der Waals surface area contributed by atoms with Crippen molar-refractivity contribution in [1.29, 1.82) is 0 Å². The first-order valence-electron chi connectivity index (χ1n) is 8.90. The van der Waals surface area contributed by atoms with E-state index in [4.69, 9.17) is 4.74 Å². The lowest BCUT2D eigenvalue weighted by atomic mass is 9.94. The number of nitrogens with zero attached hydrogens (tertiary/aromatic N) is 2. The number of rotatable bonds is 8. The Morgan fingerprint density at radius 2 is 2.12 bits per heavy atom. The Kier molecular flexibility index (Phi) is 7.01. The SMILES string of the molecule is CC(C)[C@H]1OCCC[C@H]1Nc1ccnc(N[C@H](C)CCS(C)(=O)=O)n1. The summed E-state index contributed by atoms with van der Waals surface area (Å²) in [6.45, 7) is 7.08. The van der Waals surface area contributed by atoms with Crippen molar-refractivity contribution in [2.24, 2.45) is 5.92 Å². The fourth-order valence-corrected chi connectivity index (χ4v) is 3.78. The van der Waals surface area contributed by atoms with Gasteiger partial charge in [0.25, 0.3) is 0 Å². The molecule has 0 saturated carbocycles. The van der Waals surface area contributed by atoms with Gasteiger partial charge in [-0.1, -0.05) is 13.8 Å². The van der Waals surface area contributed by atoms with E-state index in [1.54, 1.807) is 6.20 Å². The van der Waals surface area contributed by atoms with Gasteiger partial charge < -0.3 is 15.4 Å². The lowest BCUT2D eigenvalue weighted by Gasteiger charge is -2.35. The standard InChI is InChI=1S/C17H30N4O3S/c1-12(2)16-14(6-5-10-24-16)20-15-7-9-18-17(21-15)19-13(3)8-11-25(4,22)23/h7,9,12-14,16H,5-6,8,10-11H2,1-4H3,(H2,18,19,20,21)/t13-,14-,16-/m1/s1. The van der Waals surface area contributed by atoms with Crippen molar-refractivity contribution >= 4 is 21.6 Å². The third-order valence-corrected chi connectivity index (χ3v) is 5.29. The second kappa shape index (κ2) is 8.80. The average Bonchev–Trinajstić information content (AvgIpc) is 2.53. The molecule has 25 heavy (non-hydrogen) atoms. The highest BCUT2D eigenvalue weighted by Gasteiger charge is 2.28. The minimum atomic E-state index is -2.96. The van der Waals surface area contributed by atoms with Gasteiger partial charge in [0.05, 0.1) is 17.9 Å². The molecule has 0 radical (unpaired) electrons. The number of sulfone groups is 1. The first kappa shape index (κ1) is 19.9. The highest BCUT2D eigenvalue weighted by molar-refractivity contribution is 7.90. The monoisotopic (exact) mass is 370 g/mol. The topological polar surface area (TPSA) is 93.2 Å². The van der Waals surface area contributed by atoms with Gasteiger partial charge in [-0.25, -0.2) is 13.4 Å². The number of nitrogens with one attached hydrogen (secondary N) is 2. The first-order chi connectivity index (χ1) is 11.7. The van der Waals surface area contributed by atoms with Crippen LogP contribution in [-0.4, -0.2) is 55.2 Å². The molecule has 2 rings (SSSR count). The van der Waals surface area contributed by atoms with Gasteiger partial charge in [-0.2, -0.15) is 4.98 Å². The molecule has 1 saturated heterocycles. The van der Waals surface area contributed by atoms with Gasteiger partial charge in [0.1, 0.15) is 15.7 Å². The van der Waals surface area contributed by atoms with E-state index in [0.29, 0.717) is 18.3 Å². The maximum absolute atomic E-state index is 11.3. The van der Waals surface area contributed by atoms with E-state index < -0.39 is 9.84 Å². The van der Waals surface area contributed by atoms with Gasteiger partial charge >= 0.3 is 0 Å². The molecule has 2 heterocycles. The van der Waals surface area contributed by atoms with Gasteiger partial charge in [-0.05, 0) is 38.2 Å². The summed E-state index contributed by atoms with van der Waals surface area (Å²) in [7, 11) is -2.96. The van der Waals surface area contributed by atoms with Gasteiger partial charge in [0.2, 0.25) is 5.95 Å². The molecule has 2 N–H and O–H groups in total. The van der Waals surface area contributed by atoms with Crippen LogP contribution in [0.5, 0.6) is 0 Å². The number of ether oxygens (including phenoxy) is 1. The van der Waals surface area contributed by atoms with E-state index in [9.17, 15) is 8.42 Å². The number of hydrogen-bond donors (Lipinski definition) is 2. The zero-order valence-corrected chi connectivity index (χ0v) is 16.3. The van der Waals surface area contributed by atoms with Crippen LogP contribution in [0.4, 0.5) is 11.8 Å². The summed E-state index contributed by atoms with van der Waals surface area (Å²) in [6.07, 6.45) is 5.74. The van der Waals surface area contributed by atoms with Crippen molar-refractivity contribution in [1.82, 2.24) is 9.97 Å². The second-order valence-electron chi connectivity index (χ2n) is 7.20. The molecule has 1 aliphatic rings. The summed E-state index contributed by atoms with van der Waals surface area (Å²) in [6, 6.07) is 2.06. The van der Waals surface area contributed by atoms with Crippen LogP contribution in [0, 0.1) is 5.92 Å². The zero-order chi connectivity index (χ0) is 18.4. The Labute approximate surface area is 150 Å². The molecule has 1 aromatic rings. The van der Waals surface area contributed by atoms with Crippen molar-refractivity contribution in [2.75, 3.05) is 29.2 Å². The van der Waals surface area contributed by atoms with Crippen LogP contribution >= 0.6 is 0 Å². The lowest BCUT2D eigenvalue weighted by molar-refractivity contribution is -0.0203. The van der Waals surface area contributed by atoms with Gasteiger partial charge in [-0.3, -0.25) is 0 Å². The van der Waals surface area contributed by atoms with E-state index in [0.717, 1.165) is 25.3 Å². The highest BCUT2D eigenvalue weighted by Crippen LogP contribution is 2.23. The normalized spacial score (nSPS) is 22.6. The minimum absolute atomic E-state index is 0.0219. The number of aromatic nitrogens is 2. The van der Waals surface area contributed by atoms with E-state index in [2.05, 4.69) is 34.4 Å². The molecule has 0 bridgehead atoms. The van der Waals surface area contributed by atoms with Crippen LogP contribution in [0.3, 0.4) is 0 Å². The summed E-state index contributed by atoms with van der Waals surface area (Å²) < 4.78 is 28.4. The Bertz CT molecular complexity index is 651. The third-order valence-electron chi connectivity index (χ3n) is 4.31. The molecule has 142 valence electrons. The fraction of sp³-hybridized carbons (Fsp3) is 0.765. The lowest BCUT2D eigenvalue weighted by Crippen LogP contribution is -2.43. The van der Waals surface area contributed by atoms with Gasteiger partial charge in [-0.15, -0.1) is 0 Å². The van der Waals surface area contributed by atoms with Gasteiger partial charge in [0.15, 0.2) is 0 Å². The molecular weight excluding hydrogens is 340 g/mol. The van der Waals surface area contributed by atoms with Crippen LogP contribution in [-0.2, 0) is 14.6 Å². The molecule has 3 atom stereocenters. The number of hydrogen-bond acceptors (Lipinski definition) is 7. The molecule has 7 nitrogen and oxygen atoms in total. The van der Waals surface area contributed by atoms with Crippen molar-refractivity contribution in [3.8, 4) is 0 Å². The van der Waals surface area contributed by atoms with Crippen LogP contribution in [0.15, 0.2) is 12.3 Å². The Morgan fingerprint density at radius 1 is 1.36 bits per heavy atom. The van der Waals surface area contributed by atoms with Crippen molar-refractivity contribution in [3.63, 3.8) is 0 Å². The number of anilines is 2. The van der Waals surface area contributed by atoms with E-state index >= 15 is 0 Å². The predicted octanol–water partition coefficient (Wildman–Crippen LogP) is 2.33. The zero-order valence-electron chi connectivity index (χ0n) is 15.5. The van der Waals surface area contributed by atoms with Crippen LogP contribution in [0.25, 0.3) is 0 Å². The van der Waals surface area contributed by atoms with E-state index in [1.165, 1.54) is 6.26 Å². The fourth-order valence-electron chi connectivity index (χ4n) is 3.00. The van der Waals surface area contributed by atoms with Gasteiger partial charge in [0, 0.05) is 25.1 Å². The highest BCUT2D eigenvalue weighted by atomic mass is 32.2. The summed E-state index contributed by atoms with van der Waals surface area (Å²) in [4.78, 5) is 8.73. The summed E-state index contributed by atoms with van der Waals surface area (Å²) >= 11 is 0. The average molecular weight is 371 g/mol. The Morgan fingerprint density at radius 3 is 2.80 bits per heavy atom. The van der Waals surface area contributed by atoms with Crippen molar-refractivity contribution in [2.45, 2.75) is 58.2 Å². The molecule has 0 aliphatic carbocycles. The molecule has 0 aromatic carbocycles. The maximum atomic E-state index is 11.3. The van der Waals surface area contributed by atoms with Crippen LogP contribution in [0.2, 0.25) is 0 Å². The van der Waals surface area contributed by atoms with Crippen LogP contribution < -0.4 is 10.6 Å². The van der Waals surface area contributed by atoms with E-state index in [-0.39, 0.29) is 23.9 Å². The molecule has 0 amide bonds. The predicted molar refractivity (Wildman–Crippen MR) is 101 cm³/mol. The maximum Gasteiger partial charge on any atom is 0.224 e. The second-order valence-corrected chi connectivity index (χ2v) is 9.46. The van der Waals surface area contributed by atoms with Crippen molar-refractivity contribution in [3.05, 3.63) is 12.3 Å². The Hall–Kier alpha value is -1.41. The molecule has 8 heteroatoms. The summed E-state index contributed by atoms with van der Waals surface area (Å²) in [5.74, 6) is 1.85. The quantitative estimate of drug-likeness (QED) is 0.725. The van der Waals surface area contributed by atoms with Crippen molar-refractivity contribution < 1.29 is 13.2 Å². The largest absolute Gasteiger partial charge is 0.376 e.